The first-order valence-electron chi connectivity index (χ1n) is 3.95. The standard InChI is InChI=1S/C8H19NO2/c1-8(2,10-3)5-4-6-11-7-9/h4-7,9H2,1-3H3. The molecular formula is C8H19NO2. The van der Waals surface area contributed by atoms with Crippen LogP contribution in [0.25, 0.3) is 0 Å². The number of nitrogens with two attached hydrogens (primary N) is 1. The van der Waals surface area contributed by atoms with Gasteiger partial charge in [-0.25, -0.2) is 0 Å². The van der Waals surface area contributed by atoms with Crippen molar-refractivity contribution in [1.29, 1.82) is 0 Å². The molecule has 0 radical (unpaired) electrons. The highest BCUT2D eigenvalue weighted by atomic mass is 16.5. The maximum absolute atomic E-state index is 5.23. The Labute approximate surface area is 68.9 Å². The minimum atomic E-state index is -0.0298. The molecule has 0 aliphatic carbocycles. The predicted molar refractivity (Wildman–Crippen MR) is 45.3 cm³/mol. The van der Waals surface area contributed by atoms with Gasteiger partial charge >= 0.3 is 0 Å². The van der Waals surface area contributed by atoms with Crippen molar-refractivity contribution in [2.75, 3.05) is 20.4 Å². The van der Waals surface area contributed by atoms with Gasteiger partial charge in [-0.2, -0.15) is 0 Å². The second-order valence-corrected chi connectivity index (χ2v) is 3.14. The average molecular weight is 161 g/mol. The lowest BCUT2D eigenvalue weighted by Gasteiger charge is -2.22. The summed E-state index contributed by atoms with van der Waals surface area (Å²) in [5, 5.41) is 0. The summed E-state index contributed by atoms with van der Waals surface area (Å²) in [6.07, 6.45) is 2.00. The van der Waals surface area contributed by atoms with E-state index in [2.05, 4.69) is 13.8 Å². The van der Waals surface area contributed by atoms with Crippen LogP contribution in [0.5, 0.6) is 0 Å². The SMILES string of the molecule is COC(C)(C)CCCOCN. The van der Waals surface area contributed by atoms with Gasteiger partial charge in [0.05, 0.1) is 12.3 Å². The van der Waals surface area contributed by atoms with E-state index in [4.69, 9.17) is 15.2 Å². The van der Waals surface area contributed by atoms with Crippen molar-refractivity contribution < 1.29 is 9.47 Å². The van der Waals surface area contributed by atoms with Gasteiger partial charge in [-0.1, -0.05) is 0 Å². The van der Waals surface area contributed by atoms with E-state index in [0.717, 1.165) is 19.4 Å². The van der Waals surface area contributed by atoms with Crippen LogP contribution in [0.4, 0.5) is 0 Å². The molecule has 0 aromatic rings. The minimum Gasteiger partial charge on any atom is -0.379 e. The Balaban J connectivity index is 3.23. The van der Waals surface area contributed by atoms with Gasteiger partial charge in [0.25, 0.3) is 0 Å². The zero-order chi connectivity index (χ0) is 8.74. The fourth-order valence-electron chi connectivity index (χ4n) is 0.785. The van der Waals surface area contributed by atoms with E-state index in [-0.39, 0.29) is 5.60 Å². The highest BCUT2D eigenvalue weighted by Gasteiger charge is 2.14. The van der Waals surface area contributed by atoms with Crippen molar-refractivity contribution >= 4 is 0 Å². The zero-order valence-electron chi connectivity index (χ0n) is 7.72. The van der Waals surface area contributed by atoms with Gasteiger partial charge in [0.15, 0.2) is 0 Å². The molecule has 0 rings (SSSR count). The van der Waals surface area contributed by atoms with Crippen LogP contribution >= 0.6 is 0 Å². The second-order valence-electron chi connectivity index (χ2n) is 3.14. The van der Waals surface area contributed by atoms with Gasteiger partial charge in [-0.05, 0) is 26.7 Å². The van der Waals surface area contributed by atoms with Crippen LogP contribution in [0, 0.1) is 0 Å². The lowest BCUT2D eigenvalue weighted by molar-refractivity contribution is 0.00647. The Kier molecular flexibility index (Phi) is 5.46. The Morgan fingerprint density at radius 2 is 2.00 bits per heavy atom. The third-order valence-corrected chi connectivity index (χ3v) is 1.74. The van der Waals surface area contributed by atoms with Crippen LogP contribution in [-0.4, -0.2) is 26.0 Å². The summed E-state index contributed by atoms with van der Waals surface area (Å²) < 4.78 is 10.2. The molecule has 0 bridgehead atoms. The summed E-state index contributed by atoms with van der Waals surface area (Å²) in [4.78, 5) is 0. The van der Waals surface area contributed by atoms with Gasteiger partial charge in [-0.3, -0.25) is 0 Å². The van der Waals surface area contributed by atoms with Crippen LogP contribution in [-0.2, 0) is 9.47 Å². The summed E-state index contributed by atoms with van der Waals surface area (Å²) >= 11 is 0. The van der Waals surface area contributed by atoms with Crippen LogP contribution in [0.3, 0.4) is 0 Å². The first kappa shape index (κ1) is 10.9. The Hall–Kier alpha value is -0.120. The molecule has 3 heteroatoms. The fraction of sp³-hybridized carbons (Fsp3) is 1.00. The van der Waals surface area contributed by atoms with Crippen molar-refractivity contribution in [2.24, 2.45) is 5.73 Å². The quantitative estimate of drug-likeness (QED) is 0.469. The maximum atomic E-state index is 5.23. The first-order chi connectivity index (χ1) is 5.12. The van der Waals surface area contributed by atoms with E-state index in [9.17, 15) is 0 Å². The summed E-state index contributed by atoms with van der Waals surface area (Å²) in [7, 11) is 1.73. The number of ether oxygens (including phenoxy) is 2. The molecule has 2 N–H and O–H groups in total. The zero-order valence-corrected chi connectivity index (χ0v) is 7.72. The molecule has 68 valence electrons. The van der Waals surface area contributed by atoms with Gasteiger partial charge in [0, 0.05) is 13.7 Å². The van der Waals surface area contributed by atoms with Crippen molar-refractivity contribution in [3.63, 3.8) is 0 Å². The molecule has 0 amide bonds. The normalized spacial score (nSPS) is 12.0. The molecule has 0 saturated carbocycles. The predicted octanol–water partition coefficient (Wildman–Crippen LogP) is 1.12. The van der Waals surface area contributed by atoms with Gasteiger partial charge < -0.3 is 15.2 Å². The highest BCUT2D eigenvalue weighted by molar-refractivity contribution is 4.66. The number of hydrogen-bond acceptors (Lipinski definition) is 3. The molecular weight excluding hydrogens is 142 g/mol. The van der Waals surface area contributed by atoms with Crippen molar-refractivity contribution in [3.8, 4) is 0 Å². The molecule has 0 aromatic heterocycles. The second kappa shape index (κ2) is 5.52. The summed E-state index contributed by atoms with van der Waals surface area (Å²) in [5.74, 6) is 0. The van der Waals surface area contributed by atoms with Crippen molar-refractivity contribution in [2.45, 2.75) is 32.3 Å². The molecule has 0 spiro atoms. The van der Waals surface area contributed by atoms with E-state index in [0.29, 0.717) is 6.73 Å². The molecule has 0 fully saturated rings. The highest BCUT2D eigenvalue weighted by Crippen LogP contribution is 2.14. The first-order valence-corrected chi connectivity index (χ1v) is 3.95. The molecule has 0 aliphatic rings. The van der Waals surface area contributed by atoms with Gasteiger partial charge in [-0.15, -0.1) is 0 Å². The monoisotopic (exact) mass is 161 g/mol. The molecule has 11 heavy (non-hydrogen) atoms. The molecule has 0 atom stereocenters. The molecule has 0 aliphatic heterocycles. The third-order valence-electron chi connectivity index (χ3n) is 1.74. The van der Waals surface area contributed by atoms with E-state index in [1.165, 1.54) is 0 Å². The van der Waals surface area contributed by atoms with E-state index >= 15 is 0 Å². The van der Waals surface area contributed by atoms with Crippen LogP contribution in [0.1, 0.15) is 26.7 Å². The van der Waals surface area contributed by atoms with E-state index < -0.39 is 0 Å². The summed E-state index contributed by atoms with van der Waals surface area (Å²) in [6.45, 7) is 5.17. The number of methoxy groups -OCH3 is 1. The lowest BCUT2D eigenvalue weighted by Crippen LogP contribution is -2.22. The Morgan fingerprint density at radius 1 is 1.36 bits per heavy atom. The van der Waals surface area contributed by atoms with Gasteiger partial charge in [0.1, 0.15) is 0 Å². The van der Waals surface area contributed by atoms with Crippen LogP contribution < -0.4 is 5.73 Å². The number of rotatable bonds is 6. The fourth-order valence-corrected chi connectivity index (χ4v) is 0.785. The van der Waals surface area contributed by atoms with Crippen molar-refractivity contribution in [1.82, 2.24) is 0 Å². The van der Waals surface area contributed by atoms with Crippen LogP contribution in [0.2, 0.25) is 0 Å². The van der Waals surface area contributed by atoms with E-state index in [1.54, 1.807) is 7.11 Å². The third kappa shape index (κ3) is 6.28. The minimum absolute atomic E-state index is 0.0298. The summed E-state index contributed by atoms with van der Waals surface area (Å²) in [6, 6.07) is 0. The molecule has 0 unspecified atom stereocenters. The maximum Gasteiger partial charge on any atom is 0.0940 e. The molecule has 0 heterocycles. The van der Waals surface area contributed by atoms with E-state index in [1.807, 2.05) is 0 Å². The molecule has 3 nitrogen and oxygen atoms in total. The average Bonchev–Trinajstić information content (AvgIpc) is 1.99. The topological polar surface area (TPSA) is 44.5 Å². The molecule has 0 saturated heterocycles. The summed E-state index contributed by atoms with van der Waals surface area (Å²) in [5.41, 5.74) is 5.13. The smallest absolute Gasteiger partial charge is 0.0940 e. The Morgan fingerprint density at radius 3 is 2.45 bits per heavy atom. The molecule has 0 aromatic carbocycles. The largest absolute Gasteiger partial charge is 0.379 e. The Bertz CT molecular complexity index is 94.1. The lowest BCUT2D eigenvalue weighted by atomic mass is 10.0. The number of hydrogen-bond donors (Lipinski definition) is 1. The van der Waals surface area contributed by atoms with Gasteiger partial charge in [0.2, 0.25) is 0 Å². The van der Waals surface area contributed by atoms with Crippen LogP contribution in [0.15, 0.2) is 0 Å². The van der Waals surface area contributed by atoms with Crippen molar-refractivity contribution in [3.05, 3.63) is 0 Å².